The van der Waals surface area contributed by atoms with Crippen molar-refractivity contribution in [2.75, 3.05) is 23.8 Å². The Bertz CT molecular complexity index is 279. The lowest BCUT2D eigenvalue weighted by Gasteiger charge is -2.01. The average molecular weight is 220 g/mol. The summed E-state index contributed by atoms with van der Waals surface area (Å²) in [5.41, 5.74) is 0. The largest absolute Gasteiger partial charge is 0.225 e. The maximum Gasteiger partial charge on any atom is 0.225 e. The van der Waals surface area contributed by atoms with Crippen molar-refractivity contribution in [1.82, 2.24) is 4.72 Å². The van der Waals surface area contributed by atoms with Gasteiger partial charge < -0.3 is 0 Å². The Balaban J connectivity index is 3.53. The van der Waals surface area contributed by atoms with Crippen LogP contribution in [0, 0.1) is 11.3 Å². The second kappa shape index (κ2) is 6.95. The average Bonchev–Trinajstić information content (AvgIpc) is 2.04. The molecule has 1 N–H and O–H groups in total. The number of sulfonamides is 1. The van der Waals surface area contributed by atoms with E-state index in [4.69, 9.17) is 5.26 Å². The Labute approximate surface area is 83.1 Å². The van der Waals surface area contributed by atoms with E-state index in [2.05, 4.69) is 11.3 Å². The third-order valence-electron chi connectivity index (χ3n) is 1.06. The summed E-state index contributed by atoms with van der Waals surface area (Å²) in [6.45, 7) is 3.90. The molecule has 6 heteroatoms. The van der Waals surface area contributed by atoms with Gasteiger partial charge in [-0.3, -0.25) is 0 Å². The lowest BCUT2D eigenvalue weighted by molar-refractivity contribution is 0.587. The normalized spacial score (nSPS) is 10.7. The first-order valence-corrected chi connectivity index (χ1v) is 6.46. The second-order valence-electron chi connectivity index (χ2n) is 2.18. The van der Waals surface area contributed by atoms with Crippen molar-refractivity contribution in [3.8, 4) is 6.07 Å². The van der Waals surface area contributed by atoms with Crippen LogP contribution in [0.1, 0.15) is 0 Å². The SMILES string of the molecule is C=CCSCCNS(=O)(=O)CC#N. The number of nitriles is 1. The van der Waals surface area contributed by atoms with E-state index in [0.29, 0.717) is 12.3 Å². The lowest BCUT2D eigenvalue weighted by atomic mass is 10.8. The molecule has 0 saturated carbocycles. The molecule has 0 radical (unpaired) electrons. The van der Waals surface area contributed by atoms with Crippen LogP contribution < -0.4 is 4.72 Å². The molecule has 0 amide bonds. The minimum atomic E-state index is -3.37. The third kappa shape index (κ3) is 7.84. The maximum atomic E-state index is 10.9. The first kappa shape index (κ1) is 12.5. The highest BCUT2D eigenvalue weighted by molar-refractivity contribution is 7.99. The molecule has 0 aromatic carbocycles. The summed E-state index contributed by atoms with van der Waals surface area (Å²) < 4.78 is 24.1. The monoisotopic (exact) mass is 220 g/mol. The Morgan fingerprint density at radius 3 is 2.85 bits per heavy atom. The van der Waals surface area contributed by atoms with Gasteiger partial charge >= 0.3 is 0 Å². The van der Waals surface area contributed by atoms with Crippen LogP contribution in [0.5, 0.6) is 0 Å². The molecule has 0 aliphatic rings. The van der Waals surface area contributed by atoms with Gasteiger partial charge in [-0.25, -0.2) is 13.1 Å². The highest BCUT2D eigenvalue weighted by atomic mass is 32.2. The summed E-state index contributed by atoms with van der Waals surface area (Å²) in [6.07, 6.45) is 1.76. The van der Waals surface area contributed by atoms with Gasteiger partial charge in [-0.15, -0.1) is 6.58 Å². The molecule has 0 saturated heterocycles. The van der Waals surface area contributed by atoms with E-state index < -0.39 is 15.8 Å². The minimum absolute atomic E-state index is 0.364. The number of nitrogens with zero attached hydrogens (tertiary/aromatic N) is 1. The van der Waals surface area contributed by atoms with Gasteiger partial charge in [0.15, 0.2) is 5.75 Å². The molecule has 0 fully saturated rings. The molecule has 0 rings (SSSR count). The summed E-state index contributed by atoms with van der Waals surface area (Å²) in [5, 5.41) is 8.15. The Morgan fingerprint density at radius 1 is 1.62 bits per heavy atom. The molecule has 0 unspecified atom stereocenters. The van der Waals surface area contributed by atoms with Crippen LogP contribution in [0.25, 0.3) is 0 Å². The van der Waals surface area contributed by atoms with Gasteiger partial charge in [0, 0.05) is 18.1 Å². The molecule has 0 aromatic rings. The van der Waals surface area contributed by atoms with Crippen molar-refractivity contribution >= 4 is 21.8 Å². The first-order valence-electron chi connectivity index (χ1n) is 3.65. The molecule has 0 bridgehead atoms. The fourth-order valence-corrected chi connectivity index (χ4v) is 1.97. The van der Waals surface area contributed by atoms with Crippen molar-refractivity contribution in [2.24, 2.45) is 0 Å². The number of hydrogen-bond acceptors (Lipinski definition) is 4. The van der Waals surface area contributed by atoms with Gasteiger partial charge in [0.2, 0.25) is 10.0 Å². The molecule has 0 atom stereocenters. The van der Waals surface area contributed by atoms with E-state index in [0.717, 1.165) is 5.75 Å². The predicted octanol–water partition coefficient (Wildman–Crippen LogP) is 0.349. The summed E-state index contributed by atoms with van der Waals surface area (Å²) in [6, 6.07) is 1.59. The molecule has 0 aliphatic heterocycles. The summed E-state index contributed by atoms with van der Waals surface area (Å²) in [7, 11) is -3.37. The van der Waals surface area contributed by atoms with E-state index in [-0.39, 0.29) is 0 Å². The zero-order valence-electron chi connectivity index (χ0n) is 7.19. The molecule has 0 heterocycles. The maximum absolute atomic E-state index is 10.9. The number of rotatable bonds is 7. The zero-order valence-corrected chi connectivity index (χ0v) is 8.83. The molecule has 0 aliphatic carbocycles. The Morgan fingerprint density at radius 2 is 2.31 bits per heavy atom. The van der Waals surface area contributed by atoms with Crippen molar-refractivity contribution in [2.45, 2.75) is 0 Å². The Hall–Kier alpha value is -0.510. The van der Waals surface area contributed by atoms with Crippen LogP contribution in [0.2, 0.25) is 0 Å². The summed E-state index contributed by atoms with van der Waals surface area (Å²) in [4.78, 5) is 0. The molecular weight excluding hydrogens is 208 g/mol. The fourth-order valence-electron chi connectivity index (χ4n) is 0.572. The second-order valence-corrected chi connectivity index (χ2v) is 5.13. The van der Waals surface area contributed by atoms with Crippen LogP contribution in [0.15, 0.2) is 12.7 Å². The topological polar surface area (TPSA) is 70.0 Å². The lowest BCUT2D eigenvalue weighted by Crippen LogP contribution is -2.27. The van der Waals surface area contributed by atoms with E-state index >= 15 is 0 Å². The number of nitrogens with one attached hydrogen (secondary N) is 1. The van der Waals surface area contributed by atoms with Crippen molar-refractivity contribution < 1.29 is 8.42 Å². The molecule has 74 valence electrons. The predicted molar refractivity (Wildman–Crippen MR) is 54.9 cm³/mol. The van der Waals surface area contributed by atoms with E-state index in [1.54, 1.807) is 23.9 Å². The van der Waals surface area contributed by atoms with Gasteiger partial charge in [-0.05, 0) is 0 Å². The van der Waals surface area contributed by atoms with Crippen molar-refractivity contribution in [3.63, 3.8) is 0 Å². The molecular formula is C7H12N2O2S2. The van der Waals surface area contributed by atoms with Crippen LogP contribution in [-0.4, -0.2) is 32.2 Å². The van der Waals surface area contributed by atoms with Gasteiger partial charge in [-0.2, -0.15) is 17.0 Å². The fraction of sp³-hybridized carbons (Fsp3) is 0.571. The van der Waals surface area contributed by atoms with Crippen molar-refractivity contribution in [3.05, 3.63) is 12.7 Å². The first-order chi connectivity index (χ1) is 6.12. The molecule has 13 heavy (non-hydrogen) atoms. The highest BCUT2D eigenvalue weighted by Gasteiger charge is 2.06. The summed E-state index contributed by atoms with van der Waals surface area (Å²) >= 11 is 1.58. The standard InChI is InChI=1S/C7H12N2O2S2/c1-2-5-12-6-4-9-13(10,11)7-3-8/h2,9H,1,4-7H2. The highest BCUT2D eigenvalue weighted by Crippen LogP contribution is 1.97. The van der Waals surface area contributed by atoms with Crippen LogP contribution >= 0.6 is 11.8 Å². The van der Waals surface area contributed by atoms with E-state index in [9.17, 15) is 8.42 Å². The number of thioether (sulfide) groups is 1. The van der Waals surface area contributed by atoms with Gasteiger partial charge in [-0.1, -0.05) is 6.08 Å². The number of hydrogen-bond donors (Lipinski definition) is 1. The summed E-state index contributed by atoms with van der Waals surface area (Å²) in [5.74, 6) is 1.02. The Kier molecular flexibility index (Phi) is 6.68. The van der Waals surface area contributed by atoms with Crippen LogP contribution in [-0.2, 0) is 10.0 Å². The van der Waals surface area contributed by atoms with Gasteiger partial charge in [0.25, 0.3) is 0 Å². The third-order valence-corrected chi connectivity index (χ3v) is 3.18. The van der Waals surface area contributed by atoms with Crippen LogP contribution in [0.4, 0.5) is 0 Å². The molecule has 0 spiro atoms. The smallest absolute Gasteiger partial charge is 0.214 e. The van der Waals surface area contributed by atoms with Gasteiger partial charge in [0.05, 0.1) is 6.07 Å². The van der Waals surface area contributed by atoms with E-state index in [1.807, 2.05) is 0 Å². The van der Waals surface area contributed by atoms with E-state index in [1.165, 1.54) is 0 Å². The molecule has 4 nitrogen and oxygen atoms in total. The van der Waals surface area contributed by atoms with Crippen LogP contribution in [0.3, 0.4) is 0 Å². The van der Waals surface area contributed by atoms with Gasteiger partial charge in [0.1, 0.15) is 0 Å². The zero-order chi connectivity index (χ0) is 10.2. The molecule has 0 aromatic heterocycles. The minimum Gasteiger partial charge on any atom is -0.214 e. The quantitative estimate of drug-likeness (QED) is 0.496. The van der Waals surface area contributed by atoms with Crippen molar-refractivity contribution in [1.29, 1.82) is 5.26 Å².